The first-order valence-electron chi connectivity index (χ1n) is 6.71. The highest BCUT2D eigenvalue weighted by Crippen LogP contribution is 2.25. The molecule has 1 aliphatic rings. The number of hydrogen-bond acceptors (Lipinski definition) is 5. The van der Waals surface area contributed by atoms with Crippen molar-refractivity contribution in [3.63, 3.8) is 0 Å². The second kappa shape index (κ2) is 6.49. The molecule has 0 bridgehead atoms. The Balaban J connectivity index is 2.06. The maximum atomic E-state index is 13.7. The maximum absolute atomic E-state index is 13.7. The van der Waals surface area contributed by atoms with Gasteiger partial charge in [0.25, 0.3) is 0 Å². The van der Waals surface area contributed by atoms with Crippen LogP contribution in [-0.2, 0) is 9.53 Å². The third-order valence-corrected chi connectivity index (χ3v) is 4.35. The molecule has 2 rings (SSSR count). The van der Waals surface area contributed by atoms with Gasteiger partial charge in [-0.15, -0.1) is 11.3 Å². The van der Waals surface area contributed by atoms with Gasteiger partial charge in [0.05, 0.1) is 6.54 Å². The number of alkyl halides is 1. The predicted octanol–water partition coefficient (Wildman–Crippen LogP) is 3.19. The molecule has 1 saturated heterocycles. The first kappa shape index (κ1) is 17.1. The molecule has 2 amide bonds. The number of thiazole rings is 1. The first-order valence-corrected chi connectivity index (χ1v) is 8.38. The van der Waals surface area contributed by atoms with Crippen LogP contribution in [0.3, 0.4) is 0 Å². The molecular weight excluding hydrogens is 377 g/mol. The Labute approximate surface area is 140 Å². The van der Waals surface area contributed by atoms with Crippen LogP contribution in [0.1, 0.15) is 27.2 Å². The van der Waals surface area contributed by atoms with Crippen molar-refractivity contribution in [3.8, 4) is 0 Å². The van der Waals surface area contributed by atoms with Crippen LogP contribution in [0.4, 0.5) is 14.3 Å². The van der Waals surface area contributed by atoms with E-state index >= 15 is 0 Å². The van der Waals surface area contributed by atoms with Crippen molar-refractivity contribution in [2.45, 2.75) is 45.0 Å². The smallest absolute Gasteiger partial charge is 0.411 e. The number of carbonyl (C=O) groups is 2. The SMILES string of the molecule is CC(C)(C)OC(=O)N1C[C@H](F)CC1C(=O)Nc1nc(Br)cs1. The summed E-state index contributed by atoms with van der Waals surface area (Å²) in [6.45, 7) is 5.01. The number of halogens is 2. The van der Waals surface area contributed by atoms with E-state index in [1.165, 1.54) is 11.3 Å². The lowest BCUT2D eigenvalue weighted by Gasteiger charge is -2.27. The number of likely N-dealkylation sites (tertiary alicyclic amines) is 1. The van der Waals surface area contributed by atoms with E-state index in [1.54, 1.807) is 26.2 Å². The van der Waals surface area contributed by atoms with Gasteiger partial charge in [-0.1, -0.05) is 0 Å². The van der Waals surface area contributed by atoms with Gasteiger partial charge in [-0.25, -0.2) is 14.2 Å². The number of nitrogens with zero attached hydrogens (tertiary/aromatic N) is 2. The largest absolute Gasteiger partial charge is 0.444 e. The van der Waals surface area contributed by atoms with Crippen molar-refractivity contribution in [2.75, 3.05) is 11.9 Å². The molecule has 1 aromatic heterocycles. The number of ether oxygens (including phenoxy) is 1. The summed E-state index contributed by atoms with van der Waals surface area (Å²) in [5.41, 5.74) is -0.702. The van der Waals surface area contributed by atoms with E-state index in [4.69, 9.17) is 4.74 Å². The second-order valence-corrected chi connectivity index (χ2v) is 7.62. The van der Waals surface area contributed by atoms with E-state index in [0.29, 0.717) is 9.73 Å². The highest BCUT2D eigenvalue weighted by molar-refractivity contribution is 9.10. The number of rotatable bonds is 2. The van der Waals surface area contributed by atoms with Crippen LogP contribution in [0, 0.1) is 0 Å². The number of aromatic nitrogens is 1. The lowest BCUT2D eigenvalue weighted by atomic mass is 10.2. The van der Waals surface area contributed by atoms with Gasteiger partial charge >= 0.3 is 6.09 Å². The fraction of sp³-hybridized carbons (Fsp3) is 0.615. The molecule has 0 radical (unpaired) electrons. The number of anilines is 1. The van der Waals surface area contributed by atoms with Gasteiger partial charge in [-0.3, -0.25) is 9.69 Å². The van der Waals surface area contributed by atoms with E-state index in [-0.39, 0.29) is 13.0 Å². The Bertz CT molecular complexity index is 575. The molecule has 0 saturated carbocycles. The number of nitrogens with one attached hydrogen (secondary N) is 1. The summed E-state index contributed by atoms with van der Waals surface area (Å²) in [5, 5.41) is 4.70. The van der Waals surface area contributed by atoms with Gasteiger partial charge in [0, 0.05) is 11.8 Å². The first-order chi connectivity index (χ1) is 10.2. The minimum Gasteiger partial charge on any atom is -0.444 e. The van der Waals surface area contributed by atoms with Crippen LogP contribution in [0.2, 0.25) is 0 Å². The molecule has 2 atom stereocenters. The van der Waals surface area contributed by atoms with Crippen LogP contribution in [-0.4, -0.2) is 46.2 Å². The molecule has 2 heterocycles. The Hall–Kier alpha value is -1.22. The molecule has 0 spiro atoms. The minimum absolute atomic E-state index is 0.0440. The van der Waals surface area contributed by atoms with Crippen molar-refractivity contribution < 1.29 is 18.7 Å². The third-order valence-electron chi connectivity index (χ3n) is 2.89. The molecule has 1 fully saturated rings. The number of hydrogen-bond donors (Lipinski definition) is 1. The fourth-order valence-corrected chi connectivity index (χ4v) is 3.20. The number of amides is 2. The zero-order chi connectivity index (χ0) is 16.5. The monoisotopic (exact) mass is 393 g/mol. The molecule has 1 N–H and O–H groups in total. The average molecular weight is 394 g/mol. The van der Waals surface area contributed by atoms with Crippen LogP contribution in [0.25, 0.3) is 0 Å². The third kappa shape index (κ3) is 4.39. The van der Waals surface area contributed by atoms with E-state index in [0.717, 1.165) is 4.90 Å². The van der Waals surface area contributed by atoms with Gasteiger partial charge in [0.15, 0.2) is 5.13 Å². The summed E-state index contributed by atoms with van der Waals surface area (Å²) >= 11 is 4.43. The van der Waals surface area contributed by atoms with Crippen LogP contribution < -0.4 is 5.32 Å². The molecule has 22 heavy (non-hydrogen) atoms. The van der Waals surface area contributed by atoms with Gasteiger partial charge in [-0.2, -0.15) is 0 Å². The normalized spacial score (nSPS) is 21.8. The van der Waals surface area contributed by atoms with Crippen LogP contribution in [0.5, 0.6) is 0 Å². The summed E-state index contributed by atoms with van der Waals surface area (Å²) in [6.07, 6.45) is -1.98. The van der Waals surface area contributed by atoms with Gasteiger partial charge in [0.1, 0.15) is 22.4 Å². The molecule has 1 aliphatic heterocycles. The molecule has 0 aliphatic carbocycles. The van der Waals surface area contributed by atoms with E-state index in [2.05, 4.69) is 26.2 Å². The minimum atomic E-state index is -1.24. The zero-order valence-corrected chi connectivity index (χ0v) is 14.8. The second-order valence-electron chi connectivity index (χ2n) is 5.95. The Morgan fingerprint density at radius 2 is 2.23 bits per heavy atom. The average Bonchev–Trinajstić information content (AvgIpc) is 2.93. The molecule has 9 heteroatoms. The molecule has 6 nitrogen and oxygen atoms in total. The Morgan fingerprint density at radius 3 is 2.77 bits per heavy atom. The molecular formula is C13H17BrFN3O3S. The predicted molar refractivity (Wildman–Crippen MR) is 84.7 cm³/mol. The van der Waals surface area contributed by atoms with Crippen molar-refractivity contribution in [3.05, 3.63) is 9.98 Å². The number of carbonyl (C=O) groups excluding carboxylic acids is 2. The van der Waals surface area contributed by atoms with Crippen LogP contribution in [0.15, 0.2) is 9.98 Å². The molecule has 122 valence electrons. The summed E-state index contributed by atoms with van der Waals surface area (Å²) in [7, 11) is 0. The Morgan fingerprint density at radius 1 is 1.55 bits per heavy atom. The van der Waals surface area contributed by atoms with Crippen molar-refractivity contribution >= 4 is 44.4 Å². The fourth-order valence-electron chi connectivity index (χ4n) is 2.06. The molecule has 0 aromatic carbocycles. The summed E-state index contributed by atoms with van der Waals surface area (Å²) in [4.78, 5) is 29.6. The topological polar surface area (TPSA) is 71.5 Å². The zero-order valence-electron chi connectivity index (χ0n) is 12.4. The summed E-state index contributed by atoms with van der Waals surface area (Å²) in [5.74, 6) is -0.465. The van der Waals surface area contributed by atoms with E-state index in [9.17, 15) is 14.0 Å². The highest BCUT2D eigenvalue weighted by atomic mass is 79.9. The standard InChI is InChI=1S/C13H17BrFN3O3S/c1-13(2,3)21-12(20)18-5-7(15)4-8(18)10(19)17-11-16-9(14)6-22-11/h6-8H,4-5H2,1-3H3,(H,16,17,19)/t7-,8?/m1/s1. The summed E-state index contributed by atoms with van der Waals surface area (Å²) in [6, 6.07) is -0.896. The quantitative estimate of drug-likeness (QED) is 0.837. The maximum Gasteiger partial charge on any atom is 0.411 e. The molecule has 1 unspecified atom stereocenters. The lowest BCUT2D eigenvalue weighted by Crippen LogP contribution is -2.45. The van der Waals surface area contributed by atoms with Crippen molar-refractivity contribution in [1.82, 2.24) is 9.88 Å². The molecule has 1 aromatic rings. The van der Waals surface area contributed by atoms with Gasteiger partial charge in [0.2, 0.25) is 5.91 Å². The highest BCUT2D eigenvalue weighted by Gasteiger charge is 2.41. The van der Waals surface area contributed by atoms with Crippen LogP contribution >= 0.6 is 27.3 Å². The van der Waals surface area contributed by atoms with Gasteiger partial charge < -0.3 is 10.1 Å². The Kier molecular flexibility index (Phi) is 5.06. The van der Waals surface area contributed by atoms with E-state index < -0.39 is 29.8 Å². The summed E-state index contributed by atoms with van der Waals surface area (Å²) < 4.78 is 19.5. The van der Waals surface area contributed by atoms with Crippen molar-refractivity contribution in [1.29, 1.82) is 0 Å². The van der Waals surface area contributed by atoms with Crippen molar-refractivity contribution in [2.24, 2.45) is 0 Å². The van der Waals surface area contributed by atoms with E-state index in [1.807, 2.05) is 0 Å². The lowest BCUT2D eigenvalue weighted by molar-refractivity contribution is -0.120. The van der Waals surface area contributed by atoms with Gasteiger partial charge in [-0.05, 0) is 36.7 Å².